The van der Waals surface area contributed by atoms with Gasteiger partial charge in [-0.1, -0.05) is 30.3 Å². The molecule has 1 N–H and O–H groups in total. The Morgan fingerprint density at radius 2 is 1.90 bits per heavy atom. The molecule has 0 saturated heterocycles. The second kappa shape index (κ2) is 10.1. The Labute approximate surface area is 175 Å². The first kappa shape index (κ1) is 23.1. The molecular formula is C20H25N3O6S. The van der Waals surface area contributed by atoms with Crippen LogP contribution in [0.3, 0.4) is 0 Å². The van der Waals surface area contributed by atoms with Gasteiger partial charge in [0.2, 0.25) is 15.9 Å². The van der Waals surface area contributed by atoms with Crippen molar-refractivity contribution in [2.75, 3.05) is 24.2 Å². The average Bonchev–Trinajstić information content (AvgIpc) is 2.70. The SMILES string of the molecule is COc1ccc([N+](=O)[O-])cc1N(CC(=O)N[C@@H](C)CCc1ccccc1)S(C)(=O)=O. The number of anilines is 1. The van der Waals surface area contributed by atoms with Gasteiger partial charge in [0.05, 0.1) is 18.3 Å². The molecule has 1 atom stereocenters. The van der Waals surface area contributed by atoms with Crippen LogP contribution in [-0.4, -0.2) is 45.2 Å². The first-order chi connectivity index (χ1) is 14.1. The minimum Gasteiger partial charge on any atom is -0.495 e. The molecule has 0 aromatic heterocycles. The lowest BCUT2D eigenvalue weighted by atomic mass is 10.1. The Morgan fingerprint density at radius 3 is 2.47 bits per heavy atom. The zero-order chi connectivity index (χ0) is 22.3. The molecule has 0 unspecified atom stereocenters. The first-order valence-electron chi connectivity index (χ1n) is 9.25. The van der Waals surface area contributed by atoms with E-state index in [1.54, 1.807) is 0 Å². The number of amides is 1. The van der Waals surface area contributed by atoms with E-state index in [0.717, 1.165) is 28.6 Å². The summed E-state index contributed by atoms with van der Waals surface area (Å²) in [7, 11) is -2.59. The Kier molecular flexibility index (Phi) is 7.76. The Bertz CT molecular complexity index is 995. The predicted molar refractivity (Wildman–Crippen MR) is 114 cm³/mol. The third-order valence-corrected chi connectivity index (χ3v) is 5.57. The number of nitrogens with one attached hydrogen (secondary N) is 1. The van der Waals surface area contributed by atoms with Crippen molar-refractivity contribution in [1.29, 1.82) is 0 Å². The molecule has 10 heteroatoms. The summed E-state index contributed by atoms with van der Waals surface area (Å²) in [5, 5.41) is 13.9. The first-order valence-corrected chi connectivity index (χ1v) is 11.1. The Morgan fingerprint density at radius 1 is 1.23 bits per heavy atom. The third-order valence-electron chi connectivity index (χ3n) is 4.45. The van der Waals surface area contributed by atoms with E-state index >= 15 is 0 Å². The van der Waals surface area contributed by atoms with E-state index in [1.165, 1.54) is 19.2 Å². The van der Waals surface area contributed by atoms with E-state index in [-0.39, 0.29) is 23.2 Å². The number of aryl methyl sites for hydroxylation is 1. The van der Waals surface area contributed by atoms with Gasteiger partial charge in [-0.05, 0) is 31.4 Å². The van der Waals surface area contributed by atoms with Gasteiger partial charge >= 0.3 is 0 Å². The van der Waals surface area contributed by atoms with Crippen LogP contribution in [0.15, 0.2) is 48.5 Å². The van der Waals surface area contributed by atoms with Crippen LogP contribution in [-0.2, 0) is 21.2 Å². The highest BCUT2D eigenvalue weighted by Crippen LogP contribution is 2.33. The number of rotatable bonds is 10. The fourth-order valence-corrected chi connectivity index (χ4v) is 3.77. The summed E-state index contributed by atoms with van der Waals surface area (Å²) < 4.78 is 30.6. The Balaban J connectivity index is 2.14. The van der Waals surface area contributed by atoms with Crippen molar-refractivity contribution in [1.82, 2.24) is 5.32 Å². The molecule has 2 aromatic rings. The van der Waals surface area contributed by atoms with Crippen molar-refractivity contribution < 1.29 is 22.9 Å². The lowest BCUT2D eigenvalue weighted by molar-refractivity contribution is -0.384. The highest BCUT2D eigenvalue weighted by atomic mass is 32.2. The fraction of sp³-hybridized carbons (Fsp3) is 0.350. The van der Waals surface area contributed by atoms with Gasteiger partial charge in [-0.15, -0.1) is 0 Å². The van der Waals surface area contributed by atoms with E-state index in [0.29, 0.717) is 6.42 Å². The Hall–Kier alpha value is -3.14. The fourth-order valence-electron chi connectivity index (χ4n) is 2.92. The number of benzene rings is 2. The summed E-state index contributed by atoms with van der Waals surface area (Å²) in [5.41, 5.74) is 0.759. The molecule has 0 spiro atoms. The highest BCUT2D eigenvalue weighted by molar-refractivity contribution is 7.92. The number of hydrogen-bond acceptors (Lipinski definition) is 6. The molecule has 0 fully saturated rings. The number of ether oxygens (including phenoxy) is 1. The van der Waals surface area contributed by atoms with Crippen LogP contribution in [0.5, 0.6) is 5.75 Å². The standard InChI is InChI=1S/C20H25N3O6S/c1-15(9-10-16-7-5-4-6-8-16)21-20(24)14-22(30(3,27)28)18-13-17(23(25)26)11-12-19(18)29-2/h4-8,11-13,15H,9-10,14H2,1-3H3,(H,21,24)/t15-/m0/s1. The maximum atomic E-state index is 12.5. The monoisotopic (exact) mass is 435 g/mol. The summed E-state index contributed by atoms with van der Waals surface area (Å²) in [6, 6.07) is 13.2. The van der Waals surface area contributed by atoms with E-state index < -0.39 is 27.4 Å². The molecule has 0 radical (unpaired) electrons. The highest BCUT2D eigenvalue weighted by Gasteiger charge is 2.26. The summed E-state index contributed by atoms with van der Waals surface area (Å²) in [5.74, 6) is -0.412. The van der Waals surface area contributed by atoms with Gasteiger partial charge in [-0.3, -0.25) is 19.2 Å². The lowest BCUT2D eigenvalue weighted by Crippen LogP contribution is -2.43. The zero-order valence-electron chi connectivity index (χ0n) is 17.1. The van der Waals surface area contributed by atoms with Crippen molar-refractivity contribution >= 4 is 27.3 Å². The van der Waals surface area contributed by atoms with E-state index in [2.05, 4.69) is 5.32 Å². The van der Waals surface area contributed by atoms with Crippen LogP contribution in [0, 0.1) is 10.1 Å². The number of hydrogen-bond donors (Lipinski definition) is 1. The normalized spacial score (nSPS) is 12.1. The number of carbonyl (C=O) groups is 1. The number of nitro benzene ring substituents is 1. The van der Waals surface area contributed by atoms with Gasteiger partial charge in [-0.25, -0.2) is 8.42 Å². The zero-order valence-corrected chi connectivity index (χ0v) is 17.9. The van der Waals surface area contributed by atoms with Crippen LogP contribution in [0.1, 0.15) is 18.9 Å². The number of carbonyl (C=O) groups excluding carboxylic acids is 1. The molecule has 0 aliphatic heterocycles. The summed E-state index contributed by atoms with van der Waals surface area (Å²) in [6.45, 7) is 1.31. The van der Waals surface area contributed by atoms with Crippen molar-refractivity contribution in [2.45, 2.75) is 25.8 Å². The smallest absolute Gasteiger partial charge is 0.271 e. The molecular weight excluding hydrogens is 410 g/mol. The molecule has 9 nitrogen and oxygen atoms in total. The molecule has 0 aliphatic carbocycles. The van der Waals surface area contributed by atoms with Crippen LogP contribution < -0.4 is 14.4 Å². The number of non-ortho nitro benzene ring substituents is 1. The summed E-state index contributed by atoms with van der Waals surface area (Å²) >= 11 is 0. The van der Waals surface area contributed by atoms with Crippen LogP contribution in [0.4, 0.5) is 11.4 Å². The van der Waals surface area contributed by atoms with Gasteiger partial charge in [0.25, 0.3) is 5.69 Å². The van der Waals surface area contributed by atoms with E-state index in [4.69, 9.17) is 4.74 Å². The second-order valence-corrected chi connectivity index (χ2v) is 8.78. The van der Waals surface area contributed by atoms with E-state index in [9.17, 15) is 23.3 Å². The van der Waals surface area contributed by atoms with Crippen molar-refractivity contribution in [3.8, 4) is 5.75 Å². The van der Waals surface area contributed by atoms with Gasteiger partial charge in [0.15, 0.2) is 0 Å². The van der Waals surface area contributed by atoms with Gasteiger partial charge < -0.3 is 10.1 Å². The molecule has 1 amide bonds. The summed E-state index contributed by atoms with van der Waals surface area (Å²) in [4.78, 5) is 23.0. The average molecular weight is 436 g/mol. The van der Waals surface area contributed by atoms with Crippen LogP contribution >= 0.6 is 0 Å². The molecule has 2 aromatic carbocycles. The van der Waals surface area contributed by atoms with Gasteiger partial charge in [0.1, 0.15) is 18.0 Å². The van der Waals surface area contributed by atoms with Crippen molar-refractivity contribution in [3.05, 3.63) is 64.2 Å². The second-order valence-electron chi connectivity index (χ2n) is 6.88. The van der Waals surface area contributed by atoms with Crippen molar-refractivity contribution in [2.24, 2.45) is 0 Å². The molecule has 0 saturated carbocycles. The van der Waals surface area contributed by atoms with Gasteiger partial charge in [0, 0.05) is 18.2 Å². The largest absolute Gasteiger partial charge is 0.495 e. The maximum absolute atomic E-state index is 12.5. The quantitative estimate of drug-likeness (QED) is 0.452. The maximum Gasteiger partial charge on any atom is 0.271 e. The molecule has 2 rings (SSSR count). The number of nitro groups is 1. The summed E-state index contributed by atoms with van der Waals surface area (Å²) in [6.07, 6.45) is 2.36. The van der Waals surface area contributed by atoms with Gasteiger partial charge in [-0.2, -0.15) is 0 Å². The van der Waals surface area contributed by atoms with E-state index in [1.807, 2.05) is 37.3 Å². The molecule has 162 valence electrons. The lowest BCUT2D eigenvalue weighted by Gasteiger charge is -2.24. The molecule has 30 heavy (non-hydrogen) atoms. The molecule has 0 aliphatic rings. The van der Waals surface area contributed by atoms with Crippen LogP contribution in [0.25, 0.3) is 0 Å². The topological polar surface area (TPSA) is 119 Å². The van der Waals surface area contributed by atoms with Crippen molar-refractivity contribution in [3.63, 3.8) is 0 Å². The number of methoxy groups -OCH3 is 1. The molecule has 0 bridgehead atoms. The van der Waals surface area contributed by atoms with Crippen LogP contribution in [0.2, 0.25) is 0 Å². The number of nitrogens with zero attached hydrogens (tertiary/aromatic N) is 2. The minimum atomic E-state index is -3.91. The molecule has 0 heterocycles. The minimum absolute atomic E-state index is 0.0683. The third kappa shape index (κ3) is 6.45. The predicted octanol–water partition coefficient (Wildman–Crippen LogP) is 2.51. The number of sulfonamides is 1.